The van der Waals surface area contributed by atoms with E-state index in [0.29, 0.717) is 35.4 Å². The molecule has 26 heavy (non-hydrogen) atoms. The van der Waals surface area contributed by atoms with Crippen LogP contribution in [0.5, 0.6) is 5.75 Å². The number of nitrogens with zero attached hydrogens (tertiary/aromatic N) is 2. The SMILES string of the molecule is Cc1nc(C(C)(C)C)[nH]c(=O)c1C(=O)N(C)CCOc1ccc(Cl)cc1. The topological polar surface area (TPSA) is 75.3 Å². The molecule has 0 unspecified atom stereocenters. The number of halogens is 1. The van der Waals surface area contributed by atoms with Crippen molar-refractivity contribution in [2.75, 3.05) is 20.2 Å². The summed E-state index contributed by atoms with van der Waals surface area (Å²) < 4.78 is 5.59. The molecule has 0 spiro atoms. The molecule has 140 valence electrons. The van der Waals surface area contributed by atoms with Gasteiger partial charge in [0.15, 0.2) is 0 Å². The van der Waals surface area contributed by atoms with Crippen molar-refractivity contribution in [3.63, 3.8) is 0 Å². The van der Waals surface area contributed by atoms with Gasteiger partial charge in [-0.3, -0.25) is 9.59 Å². The second-order valence-electron chi connectivity index (χ2n) is 7.15. The Bertz CT molecular complexity index is 839. The third-order valence-corrected chi connectivity index (χ3v) is 4.13. The minimum atomic E-state index is -0.419. The fraction of sp³-hybridized carbons (Fsp3) is 0.421. The van der Waals surface area contributed by atoms with Crippen LogP contribution < -0.4 is 10.3 Å². The molecule has 0 atom stereocenters. The van der Waals surface area contributed by atoms with E-state index in [9.17, 15) is 9.59 Å². The zero-order valence-electron chi connectivity index (χ0n) is 15.7. The molecule has 1 amide bonds. The van der Waals surface area contributed by atoms with Gasteiger partial charge in [0.25, 0.3) is 11.5 Å². The van der Waals surface area contributed by atoms with Crippen LogP contribution in [0.15, 0.2) is 29.1 Å². The number of carbonyl (C=O) groups excluding carboxylic acids is 1. The summed E-state index contributed by atoms with van der Waals surface area (Å²) >= 11 is 5.83. The van der Waals surface area contributed by atoms with Crippen molar-refractivity contribution >= 4 is 17.5 Å². The van der Waals surface area contributed by atoms with E-state index in [-0.39, 0.29) is 16.9 Å². The lowest BCUT2D eigenvalue weighted by Crippen LogP contribution is -2.37. The summed E-state index contributed by atoms with van der Waals surface area (Å²) in [6.45, 7) is 8.16. The Morgan fingerprint density at radius 3 is 2.42 bits per heavy atom. The number of ether oxygens (including phenoxy) is 1. The average molecular weight is 378 g/mol. The summed E-state index contributed by atoms with van der Waals surface area (Å²) in [6, 6.07) is 6.98. The third kappa shape index (κ3) is 4.85. The fourth-order valence-electron chi connectivity index (χ4n) is 2.32. The predicted molar refractivity (Wildman–Crippen MR) is 102 cm³/mol. The molecule has 1 aromatic carbocycles. The smallest absolute Gasteiger partial charge is 0.264 e. The van der Waals surface area contributed by atoms with Gasteiger partial charge >= 0.3 is 0 Å². The molecule has 0 fully saturated rings. The van der Waals surface area contributed by atoms with Crippen LogP contribution in [0.1, 0.15) is 42.6 Å². The lowest BCUT2D eigenvalue weighted by molar-refractivity contribution is 0.0770. The normalized spacial score (nSPS) is 11.3. The van der Waals surface area contributed by atoms with Crippen LogP contribution in [0.3, 0.4) is 0 Å². The highest BCUT2D eigenvalue weighted by molar-refractivity contribution is 6.30. The highest BCUT2D eigenvalue weighted by Crippen LogP contribution is 2.18. The van der Waals surface area contributed by atoms with Gasteiger partial charge in [-0.05, 0) is 31.2 Å². The average Bonchev–Trinajstić information content (AvgIpc) is 2.55. The summed E-state index contributed by atoms with van der Waals surface area (Å²) in [4.78, 5) is 33.6. The van der Waals surface area contributed by atoms with E-state index in [0.717, 1.165) is 0 Å². The monoisotopic (exact) mass is 377 g/mol. The van der Waals surface area contributed by atoms with Gasteiger partial charge in [0.1, 0.15) is 23.7 Å². The Labute approximate surface area is 158 Å². The van der Waals surface area contributed by atoms with Crippen LogP contribution in [0.25, 0.3) is 0 Å². The number of aromatic amines is 1. The number of rotatable bonds is 5. The van der Waals surface area contributed by atoms with Gasteiger partial charge in [-0.2, -0.15) is 0 Å². The Morgan fingerprint density at radius 1 is 1.27 bits per heavy atom. The predicted octanol–water partition coefficient (Wildman–Crippen LogP) is 3.18. The molecular weight excluding hydrogens is 354 g/mol. The van der Waals surface area contributed by atoms with Crippen LogP contribution in [0.4, 0.5) is 0 Å². The fourth-order valence-corrected chi connectivity index (χ4v) is 2.44. The number of nitrogens with one attached hydrogen (secondary N) is 1. The first-order chi connectivity index (χ1) is 12.1. The van der Waals surface area contributed by atoms with Crippen molar-refractivity contribution in [2.45, 2.75) is 33.1 Å². The summed E-state index contributed by atoms with van der Waals surface area (Å²) in [6.07, 6.45) is 0. The van der Waals surface area contributed by atoms with Crippen molar-refractivity contribution in [3.05, 3.63) is 56.7 Å². The van der Waals surface area contributed by atoms with Gasteiger partial charge in [0.05, 0.1) is 12.2 Å². The molecule has 0 aliphatic carbocycles. The van der Waals surface area contributed by atoms with Crippen molar-refractivity contribution in [1.82, 2.24) is 14.9 Å². The standard InChI is InChI=1S/C19H24ClN3O3/c1-12-15(16(24)22-18(21-12)19(2,3)4)17(25)23(5)10-11-26-14-8-6-13(20)7-9-14/h6-9H,10-11H2,1-5H3,(H,21,22,24). The van der Waals surface area contributed by atoms with E-state index in [2.05, 4.69) is 9.97 Å². The highest BCUT2D eigenvalue weighted by atomic mass is 35.5. The lowest BCUT2D eigenvalue weighted by Gasteiger charge is -2.21. The minimum absolute atomic E-state index is 0.0620. The van der Waals surface area contributed by atoms with E-state index in [1.54, 1.807) is 38.2 Å². The van der Waals surface area contributed by atoms with Crippen LogP contribution in [0.2, 0.25) is 5.02 Å². The quantitative estimate of drug-likeness (QED) is 0.868. The van der Waals surface area contributed by atoms with Gasteiger partial charge in [0.2, 0.25) is 0 Å². The van der Waals surface area contributed by atoms with Crippen LogP contribution >= 0.6 is 11.6 Å². The number of amides is 1. The largest absolute Gasteiger partial charge is 0.492 e. The summed E-state index contributed by atoms with van der Waals surface area (Å²) in [5.74, 6) is 0.849. The number of aromatic nitrogens is 2. The molecule has 0 aliphatic heterocycles. The number of hydrogen-bond acceptors (Lipinski definition) is 4. The molecule has 0 radical (unpaired) electrons. The molecule has 0 saturated carbocycles. The molecule has 2 rings (SSSR count). The number of H-pyrrole nitrogens is 1. The first kappa shape index (κ1) is 20.0. The van der Waals surface area contributed by atoms with Gasteiger partial charge in [-0.25, -0.2) is 4.98 Å². The molecular formula is C19H24ClN3O3. The van der Waals surface area contributed by atoms with Gasteiger partial charge in [-0.1, -0.05) is 32.4 Å². The van der Waals surface area contributed by atoms with E-state index >= 15 is 0 Å². The summed E-state index contributed by atoms with van der Waals surface area (Å²) in [5.41, 5.74) is -0.233. The maximum absolute atomic E-state index is 12.6. The highest BCUT2D eigenvalue weighted by Gasteiger charge is 2.23. The van der Waals surface area contributed by atoms with Crippen LogP contribution in [-0.4, -0.2) is 41.0 Å². The molecule has 0 saturated heterocycles. The van der Waals surface area contributed by atoms with Crippen LogP contribution in [0, 0.1) is 6.92 Å². The summed E-state index contributed by atoms with van der Waals surface area (Å²) in [5, 5.41) is 0.630. The van der Waals surface area contributed by atoms with Crippen LogP contribution in [-0.2, 0) is 5.41 Å². The molecule has 6 nitrogen and oxygen atoms in total. The van der Waals surface area contributed by atoms with Crippen molar-refractivity contribution in [3.8, 4) is 5.75 Å². The summed E-state index contributed by atoms with van der Waals surface area (Å²) in [7, 11) is 1.63. The van der Waals surface area contributed by atoms with E-state index in [4.69, 9.17) is 16.3 Å². The number of carbonyl (C=O) groups is 1. The first-order valence-corrected chi connectivity index (χ1v) is 8.72. The van der Waals surface area contributed by atoms with Gasteiger partial charge in [0, 0.05) is 17.5 Å². The zero-order chi connectivity index (χ0) is 19.5. The molecule has 1 aromatic heterocycles. The molecule has 0 bridgehead atoms. The molecule has 1 N–H and O–H groups in total. The Hall–Kier alpha value is -2.34. The van der Waals surface area contributed by atoms with Crippen molar-refractivity contribution in [2.24, 2.45) is 0 Å². The number of aryl methyl sites for hydroxylation is 1. The minimum Gasteiger partial charge on any atom is -0.492 e. The van der Waals surface area contributed by atoms with Crippen molar-refractivity contribution < 1.29 is 9.53 Å². The zero-order valence-corrected chi connectivity index (χ0v) is 16.5. The second-order valence-corrected chi connectivity index (χ2v) is 7.59. The number of likely N-dealkylation sites (N-methyl/N-ethyl adjacent to an activating group) is 1. The lowest BCUT2D eigenvalue weighted by atomic mass is 9.95. The van der Waals surface area contributed by atoms with Gasteiger partial charge in [-0.15, -0.1) is 0 Å². The first-order valence-electron chi connectivity index (χ1n) is 8.35. The van der Waals surface area contributed by atoms with E-state index in [1.165, 1.54) is 4.90 Å². The Morgan fingerprint density at radius 2 is 1.88 bits per heavy atom. The maximum Gasteiger partial charge on any atom is 0.264 e. The molecule has 1 heterocycles. The van der Waals surface area contributed by atoms with E-state index < -0.39 is 5.56 Å². The molecule has 2 aromatic rings. The maximum atomic E-state index is 12.6. The van der Waals surface area contributed by atoms with Gasteiger partial charge < -0.3 is 14.6 Å². The Balaban J connectivity index is 2.06. The second kappa shape index (κ2) is 7.91. The Kier molecular flexibility index (Phi) is 6.08. The van der Waals surface area contributed by atoms with E-state index in [1.807, 2.05) is 20.8 Å². The molecule has 7 heteroatoms. The number of hydrogen-bond donors (Lipinski definition) is 1. The molecule has 0 aliphatic rings. The number of benzene rings is 1. The third-order valence-electron chi connectivity index (χ3n) is 3.88. The van der Waals surface area contributed by atoms with Crippen molar-refractivity contribution in [1.29, 1.82) is 0 Å².